The van der Waals surface area contributed by atoms with E-state index in [0.717, 1.165) is 12.8 Å². The van der Waals surface area contributed by atoms with Crippen LogP contribution in [0.1, 0.15) is 39.8 Å². The number of anilines is 1. The number of imidazole rings is 1. The molecule has 10 heteroatoms. The normalized spacial score (nSPS) is 29.1. The standard InChI is InChI=1S/C17H24N6O4/c1-4-5-6-19-15(24)11-10-12(27-17(2,3)26-10)16(25-11)23-8-22-9-13(18)20-7-21-14(9)23/h7-8,10-12,16H,4-6H2,1-3H3,(H,19,24)(H2,18,20,21)/t10-,11+,12-,16-/m1/s1. The largest absolute Gasteiger partial charge is 0.382 e. The van der Waals surface area contributed by atoms with Crippen LogP contribution >= 0.6 is 0 Å². The highest BCUT2D eigenvalue weighted by molar-refractivity contribution is 5.83. The molecule has 4 heterocycles. The lowest BCUT2D eigenvalue weighted by atomic mass is 10.1. The minimum atomic E-state index is -0.816. The Hall–Kier alpha value is -2.30. The zero-order valence-corrected chi connectivity index (χ0v) is 15.6. The van der Waals surface area contributed by atoms with Gasteiger partial charge in [-0.1, -0.05) is 13.3 Å². The van der Waals surface area contributed by atoms with E-state index < -0.39 is 30.3 Å². The number of rotatable bonds is 5. The van der Waals surface area contributed by atoms with Crippen LogP contribution in [0.4, 0.5) is 5.82 Å². The van der Waals surface area contributed by atoms with Crippen molar-refractivity contribution in [2.24, 2.45) is 0 Å². The third-order valence-electron chi connectivity index (χ3n) is 4.78. The molecule has 0 aliphatic carbocycles. The van der Waals surface area contributed by atoms with Crippen molar-refractivity contribution in [3.63, 3.8) is 0 Å². The van der Waals surface area contributed by atoms with E-state index in [1.807, 2.05) is 13.8 Å². The molecule has 0 unspecified atom stereocenters. The minimum absolute atomic E-state index is 0.208. The molecule has 3 N–H and O–H groups in total. The molecule has 27 heavy (non-hydrogen) atoms. The second-order valence-corrected chi connectivity index (χ2v) is 7.24. The van der Waals surface area contributed by atoms with Crippen molar-refractivity contribution in [2.75, 3.05) is 12.3 Å². The van der Waals surface area contributed by atoms with Crippen LogP contribution in [-0.2, 0) is 19.0 Å². The monoisotopic (exact) mass is 376 g/mol. The summed E-state index contributed by atoms with van der Waals surface area (Å²) in [6.45, 7) is 6.30. The topological polar surface area (TPSA) is 126 Å². The lowest BCUT2D eigenvalue weighted by Crippen LogP contribution is -2.43. The molecule has 2 fully saturated rings. The van der Waals surface area contributed by atoms with Crippen molar-refractivity contribution in [2.45, 2.75) is 63.9 Å². The third-order valence-corrected chi connectivity index (χ3v) is 4.78. The van der Waals surface area contributed by atoms with E-state index in [9.17, 15) is 4.79 Å². The fraction of sp³-hybridized carbons (Fsp3) is 0.647. The molecule has 2 aromatic heterocycles. The Morgan fingerprint density at radius 1 is 1.30 bits per heavy atom. The van der Waals surface area contributed by atoms with Crippen LogP contribution in [0.3, 0.4) is 0 Å². The fourth-order valence-corrected chi connectivity index (χ4v) is 3.56. The number of amides is 1. The number of nitrogens with zero attached hydrogens (tertiary/aromatic N) is 4. The highest BCUT2D eigenvalue weighted by atomic mass is 16.8. The Kier molecular flexibility index (Phi) is 4.49. The average Bonchev–Trinajstić information content (AvgIpc) is 3.26. The van der Waals surface area contributed by atoms with Gasteiger partial charge in [-0.2, -0.15) is 0 Å². The van der Waals surface area contributed by atoms with Gasteiger partial charge >= 0.3 is 0 Å². The van der Waals surface area contributed by atoms with Crippen molar-refractivity contribution in [3.8, 4) is 0 Å². The molecular weight excluding hydrogens is 352 g/mol. The highest BCUT2D eigenvalue weighted by Gasteiger charge is 2.58. The summed E-state index contributed by atoms with van der Waals surface area (Å²) < 4.78 is 19.8. The van der Waals surface area contributed by atoms with Gasteiger partial charge in [0.2, 0.25) is 0 Å². The molecule has 2 aromatic rings. The molecule has 10 nitrogen and oxygen atoms in total. The van der Waals surface area contributed by atoms with Gasteiger partial charge in [0.15, 0.2) is 29.6 Å². The van der Waals surface area contributed by atoms with Gasteiger partial charge in [0.25, 0.3) is 5.91 Å². The Balaban J connectivity index is 1.65. The Morgan fingerprint density at radius 2 is 2.07 bits per heavy atom. The summed E-state index contributed by atoms with van der Waals surface area (Å²) in [5.74, 6) is -0.740. The summed E-state index contributed by atoms with van der Waals surface area (Å²) in [6, 6.07) is 0. The number of hydrogen-bond acceptors (Lipinski definition) is 8. The summed E-state index contributed by atoms with van der Waals surface area (Å²) in [5, 5.41) is 2.91. The smallest absolute Gasteiger partial charge is 0.252 e. The maximum atomic E-state index is 12.7. The number of aromatic nitrogens is 4. The number of hydrogen-bond donors (Lipinski definition) is 2. The summed E-state index contributed by atoms with van der Waals surface area (Å²) in [7, 11) is 0. The van der Waals surface area contributed by atoms with Gasteiger partial charge in [0.05, 0.1) is 6.33 Å². The predicted molar refractivity (Wildman–Crippen MR) is 95.4 cm³/mol. The van der Waals surface area contributed by atoms with Crippen molar-refractivity contribution in [1.82, 2.24) is 24.8 Å². The number of nitrogens with two attached hydrogens (primary N) is 1. The summed E-state index contributed by atoms with van der Waals surface area (Å²) in [5.41, 5.74) is 6.87. The highest BCUT2D eigenvalue weighted by Crippen LogP contribution is 2.43. The number of fused-ring (bicyclic) bond motifs is 2. The predicted octanol–water partition coefficient (Wildman–Crippen LogP) is 0.742. The zero-order chi connectivity index (χ0) is 19.2. The maximum absolute atomic E-state index is 12.7. The molecule has 4 rings (SSSR count). The Bertz CT molecular complexity index is 853. The van der Waals surface area contributed by atoms with Crippen molar-refractivity contribution < 1.29 is 19.0 Å². The average molecular weight is 376 g/mol. The quantitative estimate of drug-likeness (QED) is 0.732. The van der Waals surface area contributed by atoms with E-state index in [1.165, 1.54) is 6.33 Å². The number of carbonyl (C=O) groups excluding carboxylic acids is 1. The molecule has 0 spiro atoms. The van der Waals surface area contributed by atoms with Gasteiger partial charge in [-0.25, -0.2) is 15.0 Å². The summed E-state index contributed by atoms with van der Waals surface area (Å²) in [4.78, 5) is 25.2. The van der Waals surface area contributed by atoms with Gasteiger partial charge in [-0.3, -0.25) is 9.36 Å². The summed E-state index contributed by atoms with van der Waals surface area (Å²) >= 11 is 0. The first kappa shape index (κ1) is 18.1. The molecule has 2 saturated heterocycles. The van der Waals surface area contributed by atoms with Crippen LogP contribution in [0.25, 0.3) is 11.2 Å². The van der Waals surface area contributed by atoms with Gasteiger partial charge in [-0.15, -0.1) is 0 Å². The Labute approximate surface area is 156 Å². The SMILES string of the molecule is CCCCNC(=O)[C@H]1O[C@@H](n2cnc3c(N)ncnc32)[C@@H]2OC(C)(C)O[C@@H]21. The van der Waals surface area contributed by atoms with Gasteiger partial charge in [0, 0.05) is 6.54 Å². The van der Waals surface area contributed by atoms with Gasteiger partial charge < -0.3 is 25.3 Å². The number of carbonyl (C=O) groups is 1. The number of nitrogen functional groups attached to an aromatic ring is 1. The van der Waals surface area contributed by atoms with Crippen molar-refractivity contribution >= 4 is 22.9 Å². The first-order chi connectivity index (χ1) is 12.9. The lowest BCUT2D eigenvalue weighted by molar-refractivity contribution is -0.197. The fourth-order valence-electron chi connectivity index (χ4n) is 3.56. The van der Waals surface area contributed by atoms with Crippen LogP contribution in [-0.4, -0.2) is 56.1 Å². The molecule has 1 amide bonds. The maximum Gasteiger partial charge on any atom is 0.252 e. The number of nitrogens with one attached hydrogen (secondary N) is 1. The van der Waals surface area contributed by atoms with E-state index in [-0.39, 0.29) is 11.7 Å². The Morgan fingerprint density at radius 3 is 2.85 bits per heavy atom. The van der Waals surface area contributed by atoms with Gasteiger partial charge in [-0.05, 0) is 20.3 Å². The van der Waals surface area contributed by atoms with Crippen molar-refractivity contribution in [1.29, 1.82) is 0 Å². The minimum Gasteiger partial charge on any atom is -0.382 e. The lowest BCUT2D eigenvalue weighted by Gasteiger charge is -2.24. The molecule has 146 valence electrons. The molecular formula is C17H24N6O4. The second kappa shape index (κ2) is 6.70. The van der Waals surface area contributed by atoms with Gasteiger partial charge in [0.1, 0.15) is 24.1 Å². The second-order valence-electron chi connectivity index (χ2n) is 7.24. The number of ether oxygens (including phenoxy) is 3. The molecule has 0 saturated carbocycles. The van der Waals surface area contributed by atoms with Crippen LogP contribution in [0.5, 0.6) is 0 Å². The third kappa shape index (κ3) is 3.13. The molecule has 0 radical (unpaired) electrons. The molecule has 4 atom stereocenters. The van der Waals surface area contributed by atoms with Crippen LogP contribution in [0.15, 0.2) is 12.7 Å². The van der Waals surface area contributed by atoms with Crippen molar-refractivity contribution in [3.05, 3.63) is 12.7 Å². The molecule has 2 aliphatic heterocycles. The van der Waals surface area contributed by atoms with E-state index in [4.69, 9.17) is 19.9 Å². The molecule has 0 aromatic carbocycles. The van der Waals surface area contributed by atoms with E-state index in [2.05, 4.69) is 27.2 Å². The number of unbranched alkanes of at least 4 members (excludes halogenated alkanes) is 1. The van der Waals surface area contributed by atoms with E-state index >= 15 is 0 Å². The van der Waals surface area contributed by atoms with E-state index in [1.54, 1.807) is 10.9 Å². The van der Waals surface area contributed by atoms with Crippen LogP contribution < -0.4 is 11.1 Å². The first-order valence-electron chi connectivity index (χ1n) is 9.13. The summed E-state index contributed by atoms with van der Waals surface area (Å²) in [6.07, 6.45) is 2.44. The van der Waals surface area contributed by atoms with Crippen LogP contribution in [0, 0.1) is 0 Å². The van der Waals surface area contributed by atoms with E-state index in [0.29, 0.717) is 17.7 Å². The molecule has 2 aliphatic rings. The van der Waals surface area contributed by atoms with Crippen LogP contribution in [0.2, 0.25) is 0 Å². The molecule has 0 bridgehead atoms. The zero-order valence-electron chi connectivity index (χ0n) is 15.6. The first-order valence-corrected chi connectivity index (χ1v) is 9.13.